The minimum atomic E-state index is -1.24. The van der Waals surface area contributed by atoms with Crippen molar-refractivity contribution in [2.45, 2.75) is 135 Å². The van der Waals surface area contributed by atoms with E-state index in [0.717, 1.165) is 44.9 Å². The van der Waals surface area contributed by atoms with Gasteiger partial charge in [-0.3, -0.25) is 14.4 Å². The normalized spacial score (nSPS) is 24.9. The van der Waals surface area contributed by atoms with E-state index in [1.807, 2.05) is 6.92 Å². The lowest BCUT2D eigenvalue weighted by Gasteiger charge is -2.33. The quantitative estimate of drug-likeness (QED) is 0.0361. The molecule has 1 N–H and O–H groups in total. The van der Waals surface area contributed by atoms with Crippen molar-refractivity contribution in [2.24, 2.45) is 11.8 Å². The van der Waals surface area contributed by atoms with Crippen LogP contribution in [0.25, 0.3) is 0 Å². The molecule has 1 fully saturated rings. The maximum Gasteiger partial charge on any atom is 0.334 e. The lowest BCUT2D eigenvalue weighted by Crippen LogP contribution is -2.46. The van der Waals surface area contributed by atoms with Crippen LogP contribution >= 0.6 is 0 Å². The number of esters is 3. The third-order valence-corrected chi connectivity index (χ3v) is 8.68. The fourth-order valence-corrected chi connectivity index (χ4v) is 5.58. The van der Waals surface area contributed by atoms with Gasteiger partial charge in [-0.15, -0.1) is 0 Å². The van der Waals surface area contributed by atoms with Crippen molar-refractivity contribution < 1.29 is 38.5 Å². The summed E-state index contributed by atoms with van der Waals surface area (Å²) < 4.78 is 17.4. The molecule has 0 radical (unpaired) electrons. The van der Waals surface area contributed by atoms with Gasteiger partial charge in [0.15, 0.2) is 12.2 Å². The molecule has 8 nitrogen and oxygen atoms in total. The molecule has 0 amide bonds. The number of carbonyl (C=O) groups excluding carboxylic acids is 4. The first-order valence-corrected chi connectivity index (χ1v) is 17.3. The molecule has 0 aromatic heterocycles. The van der Waals surface area contributed by atoms with Gasteiger partial charge >= 0.3 is 17.9 Å². The Kier molecular flexibility index (Phi) is 18.9. The first-order valence-electron chi connectivity index (χ1n) is 17.3. The van der Waals surface area contributed by atoms with E-state index in [0.29, 0.717) is 37.5 Å². The van der Waals surface area contributed by atoms with Crippen molar-refractivity contribution in [3.05, 3.63) is 59.8 Å². The second-order valence-electron chi connectivity index (χ2n) is 12.4. The van der Waals surface area contributed by atoms with Gasteiger partial charge in [-0.05, 0) is 69.4 Å². The smallest absolute Gasteiger partial charge is 0.334 e. The van der Waals surface area contributed by atoms with Gasteiger partial charge in [-0.25, -0.2) is 4.79 Å². The summed E-state index contributed by atoms with van der Waals surface area (Å²) in [4.78, 5) is 51.2. The van der Waals surface area contributed by atoms with E-state index in [2.05, 4.69) is 37.8 Å². The van der Waals surface area contributed by atoms with E-state index < -0.39 is 48.1 Å². The maximum absolute atomic E-state index is 13.1. The third kappa shape index (κ3) is 13.2. The molecular formula is C38H56O8. The average molecular weight is 641 g/mol. The number of carbonyl (C=O) groups is 4. The molecule has 1 aliphatic heterocycles. The molecule has 2 rings (SSSR count). The van der Waals surface area contributed by atoms with Crippen LogP contribution in [0.4, 0.5) is 0 Å². The number of ether oxygens (including phenoxy) is 3. The molecule has 0 aromatic carbocycles. The van der Waals surface area contributed by atoms with Gasteiger partial charge in [0.1, 0.15) is 12.4 Å². The Morgan fingerprint density at radius 3 is 2.35 bits per heavy atom. The van der Waals surface area contributed by atoms with E-state index >= 15 is 0 Å². The van der Waals surface area contributed by atoms with Crippen LogP contribution in [-0.4, -0.2) is 54.2 Å². The second-order valence-corrected chi connectivity index (χ2v) is 12.4. The number of rotatable bonds is 20. The second kappa shape index (κ2) is 22.3. The number of allylic oxidation sites excluding steroid dienone is 5. The molecule has 46 heavy (non-hydrogen) atoms. The summed E-state index contributed by atoms with van der Waals surface area (Å²) in [6.45, 7) is 9.41. The molecule has 5 atom stereocenters. The van der Waals surface area contributed by atoms with Gasteiger partial charge < -0.3 is 19.3 Å². The molecule has 2 aliphatic rings. The van der Waals surface area contributed by atoms with Crippen LogP contribution in [0.15, 0.2) is 59.8 Å². The van der Waals surface area contributed by atoms with Crippen LogP contribution in [0.2, 0.25) is 0 Å². The Balaban J connectivity index is 2.01. The molecule has 0 saturated carbocycles. The molecular weight excluding hydrogens is 584 g/mol. The Labute approximate surface area is 276 Å². The predicted octanol–water partition coefficient (Wildman–Crippen LogP) is 7.61. The average Bonchev–Trinajstić information content (AvgIpc) is 3.33. The molecule has 8 heteroatoms. The van der Waals surface area contributed by atoms with Crippen LogP contribution in [0.1, 0.15) is 117 Å². The van der Waals surface area contributed by atoms with Gasteiger partial charge in [-0.2, -0.15) is 0 Å². The highest BCUT2D eigenvalue weighted by molar-refractivity contribution is 5.91. The van der Waals surface area contributed by atoms with Crippen molar-refractivity contribution in [1.29, 1.82) is 0 Å². The van der Waals surface area contributed by atoms with E-state index in [-0.39, 0.29) is 24.2 Å². The first kappa shape index (κ1) is 38.9. The monoisotopic (exact) mass is 640 g/mol. The molecule has 256 valence electrons. The van der Waals surface area contributed by atoms with Crippen molar-refractivity contribution in [3.8, 4) is 0 Å². The van der Waals surface area contributed by atoms with Crippen molar-refractivity contribution in [2.75, 3.05) is 6.61 Å². The first-order chi connectivity index (χ1) is 22.3. The molecule has 5 unspecified atom stereocenters. The molecule has 1 saturated heterocycles. The molecule has 1 aliphatic carbocycles. The number of unbranched alkanes of at least 4 members (excludes halogenated alkanes) is 8. The highest BCUT2D eigenvalue weighted by Crippen LogP contribution is 2.38. The largest absolute Gasteiger partial charge is 0.457 e. The van der Waals surface area contributed by atoms with Gasteiger partial charge in [0.05, 0.1) is 18.4 Å². The minimum Gasteiger partial charge on any atom is -0.457 e. The van der Waals surface area contributed by atoms with Crippen LogP contribution < -0.4 is 0 Å². The summed E-state index contributed by atoms with van der Waals surface area (Å²) in [5.74, 6) is -3.08. The third-order valence-electron chi connectivity index (χ3n) is 8.68. The summed E-state index contributed by atoms with van der Waals surface area (Å²) in [5.41, 5.74) is 0.810. The fraction of sp³-hybridized carbons (Fsp3) is 0.632. The van der Waals surface area contributed by atoms with Crippen LogP contribution in [0.5, 0.6) is 0 Å². The molecule has 0 aromatic rings. The number of aliphatic hydroxyl groups excluding tert-OH is 1. The summed E-state index contributed by atoms with van der Waals surface area (Å²) in [6, 6.07) is 0. The minimum absolute atomic E-state index is 0.0566. The van der Waals surface area contributed by atoms with Crippen molar-refractivity contribution in [3.63, 3.8) is 0 Å². The zero-order valence-corrected chi connectivity index (χ0v) is 28.3. The zero-order valence-electron chi connectivity index (χ0n) is 28.3. The Hall–Kier alpha value is -3.26. The number of fused-ring (bicyclic) bond motifs is 1. The lowest BCUT2D eigenvalue weighted by molar-refractivity contribution is -0.172. The predicted molar refractivity (Wildman–Crippen MR) is 180 cm³/mol. The van der Waals surface area contributed by atoms with E-state index in [1.165, 1.54) is 19.3 Å². The van der Waals surface area contributed by atoms with E-state index in [4.69, 9.17) is 14.2 Å². The van der Waals surface area contributed by atoms with Crippen molar-refractivity contribution >= 4 is 24.2 Å². The Morgan fingerprint density at radius 1 is 1.02 bits per heavy atom. The van der Waals surface area contributed by atoms with Crippen LogP contribution in [0.3, 0.4) is 0 Å². The summed E-state index contributed by atoms with van der Waals surface area (Å²) in [6.07, 6.45) is 22.6. The maximum atomic E-state index is 13.1. The van der Waals surface area contributed by atoms with Gasteiger partial charge in [0.25, 0.3) is 0 Å². The summed E-state index contributed by atoms with van der Waals surface area (Å²) in [7, 11) is 0. The van der Waals surface area contributed by atoms with E-state index in [1.54, 1.807) is 19.1 Å². The van der Waals surface area contributed by atoms with Crippen LogP contribution in [0, 0.1) is 11.8 Å². The number of hydrogen-bond donors (Lipinski definition) is 1. The standard InChI is InChI=1S/C38H56O8/c1-5-7-8-9-10-11-12-13-14-15-16-17-18-19-20-24-33(41)45-35-31(27-40)23-21-22-30(26-39)25-32-34(29(4)38(43)44-32)36(35)46-37(42)28(3)6-2/h10-11,13-14,23,25,27-28,32,34-36,39H,4-9,12,15-22,24,26H2,1-3H3/b11-10+,14-13+,30-25-,31-23+. The number of hydrogen-bond acceptors (Lipinski definition) is 8. The SMILES string of the molecule is C=C1C(=O)OC2/C=C(\CO)CC/C=C(\C=O)C(OC(=O)CCCCCCC/C=C/C/C=C/CCCCC)C(OC(=O)C(C)CC)C12. The van der Waals surface area contributed by atoms with Gasteiger partial charge in [0.2, 0.25) is 0 Å². The number of aliphatic hydroxyl groups is 1. The highest BCUT2D eigenvalue weighted by Gasteiger charge is 2.49. The van der Waals surface area contributed by atoms with Gasteiger partial charge in [0, 0.05) is 17.6 Å². The number of aldehydes is 1. The zero-order chi connectivity index (χ0) is 33.7. The molecule has 0 spiro atoms. The highest BCUT2D eigenvalue weighted by atomic mass is 16.6. The summed E-state index contributed by atoms with van der Waals surface area (Å²) in [5, 5.41) is 9.88. The van der Waals surface area contributed by atoms with Crippen LogP contribution in [-0.2, 0) is 33.4 Å². The topological polar surface area (TPSA) is 116 Å². The fourth-order valence-electron chi connectivity index (χ4n) is 5.58. The Bertz CT molecular complexity index is 1110. The lowest BCUT2D eigenvalue weighted by atomic mass is 9.83. The van der Waals surface area contributed by atoms with Gasteiger partial charge in [-0.1, -0.05) is 89.8 Å². The van der Waals surface area contributed by atoms with E-state index in [9.17, 15) is 24.3 Å². The van der Waals surface area contributed by atoms with Crippen molar-refractivity contribution in [1.82, 2.24) is 0 Å². The summed E-state index contributed by atoms with van der Waals surface area (Å²) >= 11 is 0. The molecule has 0 bridgehead atoms. The Morgan fingerprint density at radius 2 is 1.70 bits per heavy atom. The molecule has 1 heterocycles.